The van der Waals surface area contributed by atoms with Gasteiger partial charge in [-0.15, -0.1) is 0 Å². The zero-order chi connectivity index (χ0) is 19.1. The predicted octanol–water partition coefficient (Wildman–Crippen LogP) is 1.80. The molecule has 7 nitrogen and oxygen atoms in total. The van der Waals surface area contributed by atoms with Crippen LogP contribution in [0.15, 0.2) is 24.3 Å². The van der Waals surface area contributed by atoms with Gasteiger partial charge in [0.05, 0.1) is 16.9 Å². The molecule has 26 heavy (non-hydrogen) atoms. The van der Waals surface area contributed by atoms with Crippen molar-refractivity contribution in [3.8, 4) is 0 Å². The smallest absolute Gasteiger partial charge is 0.311 e. The SMILES string of the molecule is CC(C)C1(C(=O)O)CCN(C(=O)c2cccc(N3CCCS3(=O)=O)c2)C1. The van der Waals surface area contributed by atoms with E-state index in [1.807, 2.05) is 13.8 Å². The number of anilines is 1. The van der Waals surface area contributed by atoms with E-state index in [4.69, 9.17) is 0 Å². The zero-order valence-electron chi connectivity index (χ0n) is 15.0. The highest BCUT2D eigenvalue weighted by Crippen LogP contribution is 2.39. The van der Waals surface area contributed by atoms with Crippen molar-refractivity contribution in [2.24, 2.45) is 11.3 Å². The number of rotatable bonds is 4. The van der Waals surface area contributed by atoms with E-state index < -0.39 is 21.4 Å². The van der Waals surface area contributed by atoms with Crippen LogP contribution in [-0.4, -0.2) is 55.7 Å². The third kappa shape index (κ3) is 3.06. The van der Waals surface area contributed by atoms with Crippen LogP contribution in [0.25, 0.3) is 0 Å². The van der Waals surface area contributed by atoms with Gasteiger partial charge in [0.1, 0.15) is 0 Å². The summed E-state index contributed by atoms with van der Waals surface area (Å²) in [5.74, 6) is -1.10. The summed E-state index contributed by atoms with van der Waals surface area (Å²) in [5.41, 5.74) is -0.0543. The lowest BCUT2D eigenvalue weighted by Crippen LogP contribution is -2.40. The van der Waals surface area contributed by atoms with Crippen LogP contribution in [0.5, 0.6) is 0 Å². The highest BCUT2D eigenvalue weighted by molar-refractivity contribution is 7.93. The number of sulfonamides is 1. The first-order valence-electron chi connectivity index (χ1n) is 8.80. The molecule has 1 amide bonds. The number of benzene rings is 1. The Balaban J connectivity index is 1.84. The first kappa shape index (κ1) is 18.7. The second-order valence-electron chi connectivity index (χ2n) is 7.38. The van der Waals surface area contributed by atoms with Crippen molar-refractivity contribution in [2.45, 2.75) is 26.7 Å². The maximum absolute atomic E-state index is 12.9. The highest BCUT2D eigenvalue weighted by atomic mass is 32.2. The molecule has 1 atom stereocenters. The number of carbonyl (C=O) groups excluding carboxylic acids is 1. The van der Waals surface area contributed by atoms with Crippen LogP contribution in [-0.2, 0) is 14.8 Å². The van der Waals surface area contributed by atoms with Gasteiger partial charge < -0.3 is 10.0 Å². The fourth-order valence-corrected chi connectivity index (χ4v) is 5.36. The molecule has 142 valence electrons. The van der Waals surface area contributed by atoms with E-state index in [9.17, 15) is 23.1 Å². The molecule has 1 N–H and O–H groups in total. The minimum Gasteiger partial charge on any atom is -0.481 e. The number of carboxylic acid groups (broad SMARTS) is 1. The van der Waals surface area contributed by atoms with Crippen molar-refractivity contribution >= 4 is 27.6 Å². The van der Waals surface area contributed by atoms with E-state index in [1.165, 1.54) is 4.31 Å². The average Bonchev–Trinajstić information content (AvgIpc) is 3.18. The molecule has 8 heteroatoms. The molecule has 0 aliphatic carbocycles. The summed E-state index contributed by atoms with van der Waals surface area (Å²) in [6, 6.07) is 6.57. The molecule has 2 fully saturated rings. The van der Waals surface area contributed by atoms with Gasteiger partial charge in [-0.1, -0.05) is 19.9 Å². The molecule has 1 aromatic rings. The molecule has 2 saturated heterocycles. The van der Waals surface area contributed by atoms with Gasteiger partial charge in [0.2, 0.25) is 10.0 Å². The van der Waals surface area contributed by atoms with E-state index in [2.05, 4.69) is 0 Å². The van der Waals surface area contributed by atoms with Crippen molar-refractivity contribution in [1.29, 1.82) is 0 Å². The Morgan fingerprint density at radius 2 is 1.96 bits per heavy atom. The van der Waals surface area contributed by atoms with Gasteiger partial charge in [0.15, 0.2) is 0 Å². The van der Waals surface area contributed by atoms with Crippen molar-refractivity contribution in [2.75, 3.05) is 29.7 Å². The fourth-order valence-electron chi connectivity index (χ4n) is 3.81. The summed E-state index contributed by atoms with van der Waals surface area (Å²) in [6.45, 7) is 4.70. The Hall–Kier alpha value is -2.09. The monoisotopic (exact) mass is 380 g/mol. The van der Waals surface area contributed by atoms with Crippen LogP contribution in [0, 0.1) is 11.3 Å². The van der Waals surface area contributed by atoms with Crippen LogP contribution >= 0.6 is 0 Å². The fraction of sp³-hybridized carbons (Fsp3) is 0.556. The summed E-state index contributed by atoms with van der Waals surface area (Å²) < 4.78 is 25.5. The Labute approximate surface area is 153 Å². The molecule has 2 heterocycles. The molecule has 0 aromatic heterocycles. The lowest BCUT2D eigenvalue weighted by Gasteiger charge is -2.28. The summed E-state index contributed by atoms with van der Waals surface area (Å²) in [6.07, 6.45) is 0.994. The van der Waals surface area contributed by atoms with Crippen molar-refractivity contribution < 1.29 is 23.1 Å². The van der Waals surface area contributed by atoms with Gasteiger partial charge in [-0.05, 0) is 37.0 Å². The van der Waals surface area contributed by atoms with Gasteiger partial charge in [-0.2, -0.15) is 0 Å². The van der Waals surface area contributed by atoms with Crippen LogP contribution in [0.4, 0.5) is 5.69 Å². The molecular formula is C18H24N2O5S. The van der Waals surface area contributed by atoms with Gasteiger partial charge in [0, 0.05) is 25.2 Å². The van der Waals surface area contributed by atoms with E-state index >= 15 is 0 Å². The van der Waals surface area contributed by atoms with Crippen molar-refractivity contribution in [3.63, 3.8) is 0 Å². The minimum atomic E-state index is -3.31. The number of aliphatic carboxylic acids is 1. The normalized spacial score (nSPS) is 25.0. The lowest BCUT2D eigenvalue weighted by molar-refractivity contribution is -0.150. The maximum Gasteiger partial charge on any atom is 0.311 e. The molecule has 1 aromatic carbocycles. The van der Waals surface area contributed by atoms with E-state index in [-0.39, 0.29) is 24.1 Å². The summed E-state index contributed by atoms with van der Waals surface area (Å²) in [4.78, 5) is 26.2. The molecular weight excluding hydrogens is 356 g/mol. The van der Waals surface area contributed by atoms with E-state index in [0.717, 1.165) is 0 Å². The summed E-state index contributed by atoms with van der Waals surface area (Å²) in [5, 5.41) is 9.64. The number of carbonyl (C=O) groups is 2. The standard InChI is InChI=1S/C18H24N2O5S/c1-13(2)18(17(22)23)7-9-19(12-18)16(21)14-5-3-6-15(11-14)20-8-4-10-26(20,24)25/h3,5-6,11,13H,4,7-10,12H2,1-2H3,(H,22,23). The van der Waals surface area contributed by atoms with Crippen LogP contribution < -0.4 is 4.31 Å². The van der Waals surface area contributed by atoms with Gasteiger partial charge in [-0.25, -0.2) is 8.42 Å². The van der Waals surface area contributed by atoms with Crippen LogP contribution in [0.3, 0.4) is 0 Å². The van der Waals surface area contributed by atoms with E-state index in [0.29, 0.717) is 37.2 Å². The summed E-state index contributed by atoms with van der Waals surface area (Å²) >= 11 is 0. The number of carboxylic acids is 1. The zero-order valence-corrected chi connectivity index (χ0v) is 15.8. The Morgan fingerprint density at radius 3 is 2.50 bits per heavy atom. The second-order valence-corrected chi connectivity index (χ2v) is 9.40. The molecule has 0 radical (unpaired) electrons. The predicted molar refractivity (Wildman–Crippen MR) is 97.6 cm³/mol. The number of nitrogens with zero attached hydrogens (tertiary/aromatic N) is 2. The number of likely N-dealkylation sites (tertiary alicyclic amines) is 1. The van der Waals surface area contributed by atoms with Gasteiger partial charge in [-0.3, -0.25) is 13.9 Å². The molecule has 2 aliphatic rings. The molecule has 0 saturated carbocycles. The number of amides is 1. The first-order valence-corrected chi connectivity index (χ1v) is 10.4. The van der Waals surface area contributed by atoms with Gasteiger partial charge >= 0.3 is 5.97 Å². The quantitative estimate of drug-likeness (QED) is 0.859. The highest BCUT2D eigenvalue weighted by Gasteiger charge is 2.48. The molecule has 3 rings (SSSR count). The Morgan fingerprint density at radius 1 is 1.23 bits per heavy atom. The van der Waals surface area contributed by atoms with Crippen molar-refractivity contribution in [3.05, 3.63) is 29.8 Å². The largest absolute Gasteiger partial charge is 0.481 e. The number of hydrogen-bond donors (Lipinski definition) is 1. The summed E-state index contributed by atoms with van der Waals surface area (Å²) in [7, 11) is -3.31. The van der Waals surface area contributed by atoms with Crippen LogP contribution in [0.1, 0.15) is 37.0 Å². The minimum absolute atomic E-state index is 0.0844. The Kier molecular flexibility index (Phi) is 4.72. The number of hydrogen-bond acceptors (Lipinski definition) is 4. The third-order valence-electron chi connectivity index (χ3n) is 5.60. The van der Waals surface area contributed by atoms with E-state index in [1.54, 1.807) is 29.2 Å². The van der Waals surface area contributed by atoms with Crippen LogP contribution in [0.2, 0.25) is 0 Å². The molecule has 0 bridgehead atoms. The molecule has 1 unspecified atom stereocenters. The first-order chi connectivity index (χ1) is 12.2. The second kappa shape index (κ2) is 6.57. The molecule has 2 aliphatic heterocycles. The molecule has 0 spiro atoms. The topological polar surface area (TPSA) is 95.0 Å². The lowest BCUT2D eigenvalue weighted by atomic mass is 9.76. The average molecular weight is 380 g/mol. The Bertz CT molecular complexity index is 836. The maximum atomic E-state index is 12.9. The third-order valence-corrected chi connectivity index (χ3v) is 7.47. The van der Waals surface area contributed by atoms with Crippen molar-refractivity contribution in [1.82, 2.24) is 4.90 Å². The van der Waals surface area contributed by atoms with Gasteiger partial charge in [0.25, 0.3) is 5.91 Å².